The van der Waals surface area contributed by atoms with E-state index < -0.39 is 0 Å². The molecule has 0 unspecified atom stereocenters. The summed E-state index contributed by atoms with van der Waals surface area (Å²) in [5, 5.41) is 12.0. The van der Waals surface area contributed by atoms with Crippen molar-refractivity contribution in [3.05, 3.63) is 43.0 Å². The van der Waals surface area contributed by atoms with Gasteiger partial charge in [-0.2, -0.15) is 5.10 Å². The van der Waals surface area contributed by atoms with Gasteiger partial charge < -0.3 is 15.2 Å². The van der Waals surface area contributed by atoms with Crippen molar-refractivity contribution < 1.29 is 0 Å². The smallest absolute Gasteiger partial charge is 0.180 e. The van der Waals surface area contributed by atoms with Crippen molar-refractivity contribution in [1.82, 2.24) is 35.1 Å². The molecule has 1 fully saturated rings. The van der Waals surface area contributed by atoms with Crippen LogP contribution in [0, 0.1) is 0 Å². The highest BCUT2D eigenvalue weighted by Gasteiger charge is 2.19. The summed E-state index contributed by atoms with van der Waals surface area (Å²) >= 11 is 0. The number of fused-ring (bicyclic) bond motifs is 2. The van der Waals surface area contributed by atoms with Gasteiger partial charge in [-0.25, -0.2) is 9.97 Å². The minimum atomic E-state index is 0.324. The van der Waals surface area contributed by atoms with Crippen molar-refractivity contribution in [3.8, 4) is 22.8 Å². The summed E-state index contributed by atoms with van der Waals surface area (Å²) in [7, 11) is 0. The molecule has 5 aromatic heterocycles. The van der Waals surface area contributed by atoms with Crippen LogP contribution in [-0.4, -0.2) is 54.2 Å². The Morgan fingerprint density at radius 3 is 2.76 bits per heavy atom. The number of piperidine rings is 1. The first-order valence-electron chi connectivity index (χ1n) is 11.8. The third-order valence-electron chi connectivity index (χ3n) is 6.23. The number of anilines is 2. The number of aromatic nitrogens is 7. The van der Waals surface area contributed by atoms with Crippen LogP contribution in [0.3, 0.4) is 0 Å². The Labute approximate surface area is 197 Å². The van der Waals surface area contributed by atoms with E-state index >= 15 is 0 Å². The van der Waals surface area contributed by atoms with Crippen molar-refractivity contribution in [2.24, 2.45) is 0 Å². The lowest BCUT2D eigenvalue weighted by Crippen LogP contribution is -2.29. The van der Waals surface area contributed by atoms with Crippen LogP contribution < -0.4 is 10.2 Å². The standard InChI is InChI=1S/C25H27N9/c1-15(2)29-17-10-16(12-26-13-17)19-11-18-20(14-28-19)32-33-22(18)25-30-23-21(6-7-27-24(23)31-25)34-8-4-3-5-9-34/h6-7,10-15,29H,3-5,8-9H2,1-2H3,(H,32,33)(H,27,30,31). The van der Waals surface area contributed by atoms with E-state index in [9.17, 15) is 0 Å². The van der Waals surface area contributed by atoms with E-state index in [1.807, 2.05) is 30.9 Å². The maximum atomic E-state index is 4.79. The Morgan fingerprint density at radius 1 is 1.03 bits per heavy atom. The number of pyridine rings is 3. The zero-order chi connectivity index (χ0) is 23.1. The van der Waals surface area contributed by atoms with Crippen molar-refractivity contribution in [1.29, 1.82) is 0 Å². The van der Waals surface area contributed by atoms with Crippen LogP contribution in [0.1, 0.15) is 33.1 Å². The highest BCUT2D eigenvalue weighted by molar-refractivity contribution is 5.96. The molecule has 1 saturated heterocycles. The molecule has 172 valence electrons. The Morgan fingerprint density at radius 2 is 1.91 bits per heavy atom. The average Bonchev–Trinajstić information content (AvgIpc) is 3.48. The van der Waals surface area contributed by atoms with Gasteiger partial charge in [0.05, 0.1) is 28.8 Å². The van der Waals surface area contributed by atoms with Gasteiger partial charge in [-0.15, -0.1) is 0 Å². The maximum absolute atomic E-state index is 4.79. The second kappa shape index (κ2) is 8.40. The Hall–Kier alpha value is -4.01. The van der Waals surface area contributed by atoms with Gasteiger partial charge in [-0.05, 0) is 51.3 Å². The molecule has 0 radical (unpaired) electrons. The van der Waals surface area contributed by atoms with Crippen LogP contribution in [0.25, 0.3) is 44.8 Å². The van der Waals surface area contributed by atoms with Crippen molar-refractivity contribution >= 4 is 33.4 Å². The zero-order valence-corrected chi connectivity index (χ0v) is 19.3. The van der Waals surface area contributed by atoms with Gasteiger partial charge in [0.15, 0.2) is 11.5 Å². The van der Waals surface area contributed by atoms with Crippen molar-refractivity contribution in [2.45, 2.75) is 39.2 Å². The van der Waals surface area contributed by atoms with Gasteiger partial charge >= 0.3 is 0 Å². The highest BCUT2D eigenvalue weighted by atomic mass is 15.2. The van der Waals surface area contributed by atoms with Gasteiger partial charge in [-0.1, -0.05) is 0 Å². The average molecular weight is 454 g/mol. The van der Waals surface area contributed by atoms with E-state index in [4.69, 9.17) is 4.98 Å². The topological polar surface area (TPSA) is 111 Å². The zero-order valence-electron chi connectivity index (χ0n) is 19.3. The summed E-state index contributed by atoms with van der Waals surface area (Å²) in [6.07, 6.45) is 11.0. The fourth-order valence-corrected chi connectivity index (χ4v) is 4.66. The van der Waals surface area contributed by atoms with Gasteiger partial charge in [0.1, 0.15) is 11.2 Å². The molecular weight excluding hydrogens is 426 g/mol. The Bertz CT molecular complexity index is 1460. The van der Waals surface area contributed by atoms with Crippen LogP contribution in [-0.2, 0) is 0 Å². The van der Waals surface area contributed by atoms with Crippen LogP contribution in [0.15, 0.2) is 43.0 Å². The van der Waals surface area contributed by atoms with Crippen molar-refractivity contribution in [2.75, 3.05) is 23.3 Å². The second-order valence-corrected chi connectivity index (χ2v) is 9.11. The van der Waals surface area contributed by atoms with E-state index in [-0.39, 0.29) is 0 Å². The van der Waals surface area contributed by atoms with Crippen LogP contribution >= 0.6 is 0 Å². The van der Waals surface area contributed by atoms with E-state index in [2.05, 4.69) is 66.3 Å². The van der Waals surface area contributed by atoms with Gasteiger partial charge in [-0.3, -0.25) is 15.1 Å². The molecule has 1 aliphatic heterocycles. The Balaban J connectivity index is 1.41. The molecule has 0 saturated carbocycles. The van der Waals surface area contributed by atoms with Crippen LogP contribution in [0.4, 0.5) is 11.4 Å². The molecular formula is C25H27N9. The molecule has 9 heteroatoms. The number of nitrogens with zero attached hydrogens (tertiary/aromatic N) is 6. The summed E-state index contributed by atoms with van der Waals surface area (Å²) in [6.45, 7) is 6.33. The van der Waals surface area contributed by atoms with Crippen molar-refractivity contribution in [3.63, 3.8) is 0 Å². The number of H-pyrrole nitrogens is 2. The fraction of sp³-hybridized carbons (Fsp3) is 0.320. The molecule has 0 aromatic carbocycles. The van der Waals surface area contributed by atoms with Gasteiger partial charge in [0.25, 0.3) is 0 Å². The molecule has 9 nitrogen and oxygen atoms in total. The molecule has 0 aliphatic carbocycles. The molecule has 0 spiro atoms. The molecule has 34 heavy (non-hydrogen) atoms. The molecule has 0 bridgehead atoms. The molecule has 0 atom stereocenters. The first-order chi connectivity index (χ1) is 16.7. The predicted molar refractivity (Wildman–Crippen MR) is 135 cm³/mol. The summed E-state index contributed by atoms with van der Waals surface area (Å²) in [6, 6.07) is 6.50. The third-order valence-corrected chi connectivity index (χ3v) is 6.23. The Kier molecular flexibility index (Phi) is 5.09. The number of nitrogens with one attached hydrogen (secondary N) is 3. The fourth-order valence-electron chi connectivity index (χ4n) is 4.66. The summed E-state index contributed by atoms with van der Waals surface area (Å²) in [5.74, 6) is 0.698. The highest BCUT2D eigenvalue weighted by Crippen LogP contribution is 2.32. The lowest BCUT2D eigenvalue weighted by Gasteiger charge is -2.28. The monoisotopic (exact) mass is 453 g/mol. The summed E-state index contributed by atoms with van der Waals surface area (Å²) in [5.41, 5.74) is 7.18. The quantitative estimate of drug-likeness (QED) is 0.351. The summed E-state index contributed by atoms with van der Waals surface area (Å²) in [4.78, 5) is 24.3. The second-order valence-electron chi connectivity index (χ2n) is 9.11. The van der Waals surface area contributed by atoms with Crippen LogP contribution in [0.2, 0.25) is 0 Å². The predicted octanol–water partition coefficient (Wildman–Crippen LogP) is 4.77. The largest absolute Gasteiger partial charge is 0.382 e. The molecule has 1 aliphatic rings. The van der Waals surface area contributed by atoms with E-state index in [0.717, 1.165) is 57.8 Å². The molecule has 3 N–H and O–H groups in total. The number of hydrogen-bond acceptors (Lipinski definition) is 7. The molecule has 6 heterocycles. The van der Waals surface area contributed by atoms with E-state index in [1.54, 1.807) is 0 Å². The van der Waals surface area contributed by atoms with Crippen LogP contribution in [0.5, 0.6) is 0 Å². The molecule has 5 aromatic rings. The minimum Gasteiger partial charge on any atom is -0.382 e. The third kappa shape index (κ3) is 3.72. The van der Waals surface area contributed by atoms with E-state index in [1.165, 1.54) is 19.3 Å². The molecule has 0 amide bonds. The van der Waals surface area contributed by atoms with E-state index in [0.29, 0.717) is 17.5 Å². The van der Waals surface area contributed by atoms with Gasteiger partial charge in [0, 0.05) is 48.7 Å². The molecule has 6 rings (SSSR count). The number of rotatable bonds is 5. The first kappa shape index (κ1) is 20.6. The first-order valence-corrected chi connectivity index (χ1v) is 11.8. The number of aromatic amines is 2. The number of imidazole rings is 1. The summed E-state index contributed by atoms with van der Waals surface area (Å²) < 4.78 is 0. The van der Waals surface area contributed by atoms with Gasteiger partial charge in [0.2, 0.25) is 0 Å². The lowest BCUT2D eigenvalue weighted by molar-refractivity contribution is 0.578. The normalized spacial score (nSPS) is 14.4. The minimum absolute atomic E-state index is 0.324. The number of hydrogen-bond donors (Lipinski definition) is 3. The lowest BCUT2D eigenvalue weighted by atomic mass is 10.1. The maximum Gasteiger partial charge on any atom is 0.180 e. The SMILES string of the molecule is CC(C)Nc1cncc(-c2cc3c(-c4nc5nccc(N6CCCCC6)c5[nH]4)n[nH]c3cn2)c1.